The van der Waals surface area contributed by atoms with Gasteiger partial charge in [-0.05, 0) is 25.5 Å². The summed E-state index contributed by atoms with van der Waals surface area (Å²) in [6, 6.07) is 6.66. The lowest BCUT2D eigenvalue weighted by molar-refractivity contribution is 0.00979. The molecule has 0 saturated carbocycles. The van der Waals surface area contributed by atoms with Gasteiger partial charge in [0.2, 0.25) is 11.8 Å². The minimum atomic E-state index is -2.74. The third kappa shape index (κ3) is 4.65. The van der Waals surface area contributed by atoms with E-state index >= 15 is 0 Å². The van der Waals surface area contributed by atoms with E-state index in [4.69, 9.17) is 27.9 Å². The van der Waals surface area contributed by atoms with Gasteiger partial charge in [-0.25, -0.2) is 13.8 Å². The van der Waals surface area contributed by atoms with Crippen LogP contribution in [0.2, 0.25) is 10.0 Å². The fourth-order valence-electron chi connectivity index (χ4n) is 2.64. The smallest absolute Gasteiger partial charge is 0.245 e. The van der Waals surface area contributed by atoms with Gasteiger partial charge >= 0.3 is 0 Å². The largest absolute Gasteiger partial charge is 0.435 e. The van der Waals surface area contributed by atoms with Crippen LogP contribution in [0.25, 0.3) is 10.9 Å². The second-order valence-electron chi connectivity index (χ2n) is 6.10. The molecular weight excluding hydrogens is 397 g/mol. The van der Waals surface area contributed by atoms with Crippen molar-refractivity contribution in [2.45, 2.75) is 32.2 Å². The lowest BCUT2D eigenvalue weighted by atomic mass is 10.2. The first kappa shape index (κ1) is 19.3. The van der Waals surface area contributed by atoms with E-state index < -0.39 is 5.92 Å². The number of alkyl halides is 2. The lowest BCUT2D eigenvalue weighted by Gasteiger charge is -2.12. The number of ether oxygens (including phenoxy) is 1. The van der Waals surface area contributed by atoms with E-state index in [9.17, 15) is 14.0 Å². The van der Waals surface area contributed by atoms with E-state index in [0.29, 0.717) is 26.7 Å². The van der Waals surface area contributed by atoms with Crippen LogP contribution in [0.15, 0.2) is 30.6 Å². The molecule has 27 heavy (non-hydrogen) atoms. The summed E-state index contributed by atoms with van der Waals surface area (Å²) in [5.74, 6) is -2.34. The van der Waals surface area contributed by atoms with Crippen LogP contribution in [0.3, 0.4) is 0 Å². The number of aryl methyl sites for hydroxylation is 1. The molecule has 0 aliphatic rings. The van der Waals surface area contributed by atoms with Gasteiger partial charge in [-0.2, -0.15) is 10.4 Å². The van der Waals surface area contributed by atoms with Crippen molar-refractivity contribution in [1.82, 2.24) is 14.8 Å². The zero-order chi connectivity index (χ0) is 19.6. The molecule has 0 atom stereocenters. The number of nitriles is 1. The Bertz CT molecular complexity index is 1020. The number of fused-ring (bicyclic) bond motifs is 1. The summed E-state index contributed by atoms with van der Waals surface area (Å²) in [4.78, 5) is 4.04. The summed E-state index contributed by atoms with van der Waals surface area (Å²) in [5, 5.41) is 14.9. The second kappa shape index (κ2) is 7.67. The van der Waals surface area contributed by atoms with Gasteiger partial charge in [0.25, 0.3) is 0 Å². The van der Waals surface area contributed by atoms with Gasteiger partial charge in [0.05, 0.1) is 11.2 Å². The zero-order valence-electron chi connectivity index (χ0n) is 14.2. The molecule has 0 unspecified atom stereocenters. The van der Waals surface area contributed by atoms with Gasteiger partial charge in [-0.15, -0.1) is 0 Å². The second-order valence-corrected chi connectivity index (χ2v) is 6.98. The van der Waals surface area contributed by atoms with Crippen LogP contribution < -0.4 is 4.74 Å². The van der Waals surface area contributed by atoms with Crippen LogP contribution >= 0.6 is 23.2 Å². The van der Waals surface area contributed by atoms with Crippen molar-refractivity contribution in [3.63, 3.8) is 0 Å². The fourth-order valence-corrected chi connectivity index (χ4v) is 3.01. The first-order valence-electron chi connectivity index (χ1n) is 8.03. The molecule has 0 bridgehead atoms. The number of benzene rings is 1. The third-order valence-corrected chi connectivity index (χ3v) is 4.22. The summed E-state index contributed by atoms with van der Waals surface area (Å²) in [5.41, 5.74) is 0.742. The van der Waals surface area contributed by atoms with E-state index in [1.807, 2.05) is 6.07 Å². The van der Waals surface area contributed by atoms with Crippen LogP contribution in [0, 0.1) is 11.3 Å². The third-order valence-electron chi connectivity index (χ3n) is 3.79. The Morgan fingerprint density at radius 2 is 2.00 bits per heavy atom. The molecule has 0 saturated heterocycles. The predicted molar refractivity (Wildman–Crippen MR) is 98.6 cm³/mol. The normalized spacial score (nSPS) is 11.6. The molecule has 3 aromatic rings. The van der Waals surface area contributed by atoms with Crippen molar-refractivity contribution >= 4 is 34.1 Å². The predicted octanol–water partition coefficient (Wildman–Crippen LogP) is 5.84. The fraction of sp³-hybridized carbons (Fsp3) is 0.278. The van der Waals surface area contributed by atoms with E-state index in [2.05, 4.69) is 10.1 Å². The Kier molecular flexibility index (Phi) is 5.49. The van der Waals surface area contributed by atoms with Crippen LogP contribution in [0.1, 0.15) is 25.3 Å². The Balaban J connectivity index is 1.97. The van der Waals surface area contributed by atoms with Crippen molar-refractivity contribution in [1.29, 1.82) is 5.26 Å². The number of halogens is 4. The summed E-state index contributed by atoms with van der Waals surface area (Å²) >= 11 is 12.0. The number of hydrogen-bond donors (Lipinski definition) is 0. The number of aromatic nitrogens is 3. The molecule has 1 aromatic carbocycles. The van der Waals surface area contributed by atoms with E-state index in [-0.39, 0.29) is 30.8 Å². The molecular formula is C18H14Cl2F2N4O. The summed E-state index contributed by atoms with van der Waals surface area (Å²) < 4.78 is 33.5. The van der Waals surface area contributed by atoms with Crippen LogP contribution in [-0.4, -0.2) is 20.7 Å². The molecule has 0 aliphatic heterocycles. The number of nitrogens with zero attached hydrogens (tertiary/aromatic N) is 4. The summed E-state index contributed by atoms with van der Waals surface area (Å²) in [7, 11) is 0. The molecule has 9 heteroatoms. The van der Waals surface area contributed by atoms with Crippen LogP contribution in [0.5, 0.6) is 11.6 Å². The summed E-state index contributed by atoms with van der Waals surface area (Å²) in [6.45, 7) is 1.17. The maximum Gasteiger partial charge on any atom is 0.245 e. The molecule has 0 radical (unpaired) electrons. The molecule has 0 amide bonds. The Morgan fingerprint density at radius 1 is 1.22 bits per heavy atom. The maximum absolute atomic E-state index is 13.1. The first-order valence-corrected chi connectivity index (χ1v) is 8.79. The van der Waals surface area contributed by atoms with Gasteiger partial charge in [-0.3, -0.25) is 4.68 Å². The number of hydrogen-bond acceptors (Lipinski definition) is 4. The minimum Gasteiger partial charge on any atom is -0.435 e. The van der Waals surface area contributed by atoms with E-state index in [1.54, 1.807) is 23.0 Å². The topological polar surface area (TPSA) is 63.7 Å². The van der Waals surface area contributed by atoms with Crippen molar-refractivity contribution < 1.29 is 13.5 Å². The number of pyridine rings is 1. The zero-order valence-corrected chi connectivity index (χ0v) is 15.7. The number of rotatable bonds is 6. The quantitative estimate of drug-likeness (QED) is 0.512. The van der Waals surface area contributed by atoms with E-state index in [1.165, 1.54) is 12.3 Å². The minimum absolute atomic E-state index is 0.0679. The monoisotopic (exact) mass is 410 g/mol. The highest BCUT2D eigenvalue weighted by Crippen LogP contribution is 2.34. The van der Waals surface area contributed by atoms with Gasteiger partial charge in [-0.1, -0.05) is 23.2 Å². The lowest BCUT2D eigenvalue weighted by Crippen LogP contribution is -2.11. The van der Waals surface area contributed by atoms with Gasteiger partial charge in [0.15, 0.2) is 5.75 Å². The van der Waals surface area contributed by atoms with Crippen molar-refractivity contribution in [3.05, 3.63) is 46.2 Å². The highest BCUT2D eigenvalue weighted by Gasteiger charge is 2.21. The van der Waals surface area contributed by atoms with Crippen LogP contribution in [0.4, 0.5) is 8.78 Å². The molecule has 2 aromatic heterocycles. The SMILES string of the molecule is CC(F)(F)CCCn1ncc2cc(Cl)cc(Oc3ncc(Cl)cc3C#N)c21. The Morgan fingerprint density at radius 3 is 2.70 bits per heavy atom. The van der Waals surface area contributed by atoms with Crippen molar-refractivity contribution in [3.8, 4) is 17.7 Å². The molecule has 0 fully saturated rings. The molecule has 5 nitrogen and oxygen atoms in total. The highest BCUT2D eigenvalue weighted by molar-refractivity contribution is 6.31. The highest BCUT2D eigenvalue weighted by atomic mass is 35.5. The molecule has 0 N–H and O–H groups in total. The summed E-state index contributed by atoms with van der Waals surface area (Å²) in [6.07, 6.45) is 2.93. The maximum atomic E-state index is 13.1. The van der Waals surface area contributed by atoms with E-state index in [0.717, 1.165) is 6.92 Å². The first-order chi connectivity index (χ1) is 12.8. The molecule has 0 aliphatic carbocycles. The molecule has 140 valence electrons. The van der Waals surface area contributed by atoms with Crippen molar-refractivity contribution in [2.24, 2.45) is 0 Å². The van der Waals surface area contributed by atoms with Crippen LogP contribution in [-0.2, 0) is 6.54 Å². The standard InChI is InChI=1S/C18H14Cl2F2N4O/c1-18(21,22)3-2-4-26-16-12(9-25-26)6-13(19)7-15(16)27-17-11(8-23)5-14(20)10-24-17/h5-7,9-10H,2-4H2,1H3. The molecule has 2 heterocycles. The van der Waals surface area contributed by atoms with Crippen molar-refractivity contribution in [2.75, 3.05) is 0 Å². The average molecular weight is 411 g/mol. The Hall–Kier alpha value is -2.43. The average Bonchev–Trinajstić information content (AvgIpc) is 2.98. The Labute approximate surface area is 164 Å². The molecule has 3 rings (SSSR count). The van der Waals surface area contributed by atoms with Gasteiger partial charge in [0, 0.05) is 35.6 Å². The van der Waals surface area contributed by atoms with Gasteiger partial charge < -0.3 is 4.74 Å². The molecule has 0 spiro atoms. The van der Waals surface area contributed by atoms with Gasteiger partial charge in [0.1, 0.15) is 17.1 Å².